The molecule has 2 aromatic rings. The first-order valence-corrected chi connectivity index (χ1v) is 20.0. The second-order valence-electron chi connectivity index (χ2n) is 13.1. The van der Waals surface area contributed by atoms with Crippen LogP contribution in [-0.2, 0) is 46.4 Å². The Morgan fingerprint density at radius 2 is 1.10 bits per heavy atom. The molecule has 0 aliphatic rings. The van der Waals surface area contributed by atoms with Gasteiger partial charge >= 0.3 is 5.97 Å². The van der Waals surface area contributed by atoms with Gasteiger partial charge in [0.15, 0.2) is 5.96 Å². The number of benzene rings is 2. The summed E-state index contributed by atoms with van der Waals surface area (Å²) in [6.07, 6.45) is 1.07. The van der Waals surface area contributed by atoms with Crippen LogP contribution in [-0.4, -0.2) is 123 Å². The molecule has 22 heteroatoms. The third-order valence-corrected chi connectivity index (χ3v) is 9.41. The van der Waals surface area contributed by atoms with Gasteiger partial charge in [0.25, 0.3) is 0 Å². The molecule has 0 spiro atoms. The van der Waals surface area contributed by atoms with Gasteiger partial charge in [-0.2, -0.15) is 24.4 Å². The molecule has 0 saturated heterocycles. The first-order chi connectivity index (χ1) is 27.4. The van der Waals surface area contributed by atoms with Gasteiger partial charge in [0.05, 0.1) is 12.5 Å². The van der Waals surface area contributed by atoms with Crippen LogP contribution in [0.15, 0.2) is 53.5 Å². The van der Waals surface area contributed by atoms with Crippen LogP contribution in [0.2, 0.25) is 0 Å². The molecule has 6 atom stereocenters. The van der Waals surface area contributed by atoms with Crippen molar-refractivity contribution in [3.8, 4) is 11.5 Å². The van der Waals surface area contributed by atoms with E-state index in [4.69, 9.17) is 22.9 Å². The van der Waals surface area contributed by atoms with E-state index in [9.17, 15) is 48.9 Å². The van der Waals surface area contributed by atoms with E-state index in [2.05, 4.69) is 44.2 Å². The highest BCUT2D eigenvalue weighted by Gasteiger charge is 2.33. The molecule has 0 radical (unpaired) electrons. The Morgan fingerprint density at radius 3 is 1.53 bits per heavy atom. The molecular formula is C36H52N10O10S2. The molecule has 0 aromatic heterocycles. The number of nitrogens with two attached hydrogens (primary N) is 4. The lowest BCUT2D eigenvalue weighted by atomic mass is 10.0. The van der Waals surface area contributed by atoms with Crippen LogP contribution in [0.1, 0.15) is 36.8 Å². The van der Waals surface area contributed by atoms with Crippen LogP contribution in [0.25, 0.3) is 0 Å². The van der Waals surface area contributed by atoms with Gasteiger partial charge in [-0.25, -0.2) is 4.79 Å². The molecule has 0 saturated carbocycles. The van der Waals surface area contributed by atoms with Crippen LogP contribution in [0.3, 0.4) is 0 Å². The fourth-order valence-corrected chi connectivity index (χ4v) is 6.01. The molecule has 6 amide bonds. The van der Waals surface area contributed by atoms with Crippen LogP contribution in [0.5, 0.6) is 11.5 Å². The number of carbonyl (C=O) groups is 7. The molecule has 16 N–H and O–H groups in total. The summed E-state index contributed by atoms with van der Waals surface area (Å²) < 4.78 is 0. The Labute approximate surface area is 344 Å². The molecule has 318 valence electrons. The summed E-state index contributed by atoms with van der Waals surface area (Å²) in [7, 11) is 0. The van der Waals surface area contributed by atoms with Gasteiger partial charge in [0, 0.05) is 25.1 Å². The molecule has 0 aliphatic heterocycles. The number of carbonyl (C=O) groups excluding carboxylic acids is 6. The number of hydrogen-bond donors (Lipinski definition) is 13. The Bertz CT molecular complexity index is 1750. The molecule has 58 heavy (non-hydrogen) atoms. The maximum Gasteiger partial charge on any atom is 0.326 e. The van der Waals surface area contributed by atoms with Crippen molar-refractivity contribution in [2.75, 3.05) is 24.3 Å². The van der Waals surface area contributed by atoms with Gasteiger partial charge in [-0.15, -0.1) is 0 Å². The minimum absolute atomic E-state index is 0.0749. The fourth-order valence-electron chi connectivity index (χ4n) is 5.26. The zero-order valence-electron chi connectivity index (χ0n) is 31.8. The van der Waals surface area contributed by atoms with E-state index in [-0.39, 0.29) is 55.4 Å². The standard InChI is InChI=1S/C36H52N10O10S2/c1-58-14-12-23(37)30(50)46-28(18-57)34(54)44-26(16-20-6-10-22(48)11-7-20)32(52)45-27(17-29(38)49)33(53)43-25(15-19-4-8-21(47)9-5-19)31(51)42-24(35(55)56)3-2-13-41-36(39)40/h4-11,23-28,47-48,57H,2-3,12-18,37H2,1H3,(H2,38,49)(H,42,51)(H,43,53)(H,44,54)(H,45,52)(H,46,50)(H,55,56)(H4,39,40,41)/t23-,24-,25-,26-,27-,28-/m0/s1. The van der Waals surface area contributed by atoms with Crippen LogP contribution < -0.4 is 49.5 Å². The van der Waals surface area contributed by atoms with Gasteiger partial charge < -0.3 is 64.8 Å². The monoisotopic (exact) mass is 848 g/mol. The number of phenolic OH excluding ortho intramolecular Hbond substituents is 2. The maximum absolute atomic E-state index is 13.9. The number of thioether (sulfide) groups is 1. The average Bonchev–Trinajstić information content (AvgIpc) is 3.17. The quantitative estimate of drug-likeness (QED) is 0.0210. The summed E-state index contributed by atoms with van der Waals surface area (Å²) in [5.74, 6) is -6.80. The lowest BCUT2D eigenvalue weighted by Crippen LogP contribution is -2.60. The highest BCUT2D eigenvalue weighted by molar-refractivity contribution is 7.98. The number of primary amides is 1. The second-order valence-corrected chi connectivity index (χ2v) is 14.4. The number of hydrogen-bond acceptors (Lipinski definition) is 13. The molecular weight excluding hydrogens is 797 g/mol. The van der Waals surface area contributed by atoms with E-state index in [1.165, 1.54) is 60.3 Å². The molecule has 0 heterocycles. The number of amides is 6. The highest BCUT2D eigenvalue weighted by Crippen LogP contribution is 2.14. The second kappa shape index (κ2) is 24.8. The number of guanidine groups is 1. The number of aliphatic carboxylic acids is 1. The Morgan fingerprint density at radius 1 is 0.672 bits per heavy atom. The summed E-state index contributed by atoms with van der Waals surface area (Å²) in [6.45, 7) is 0.0782. The number of aliphatic imine (C=N–C) groups is 1. The number of phenols is 2. The summed E-state index contributed by atoms with van der Waals surface area (Å²) >= 11 is 5.66. The summed E-state index contributed by atoms with van der Waals surface area (Å²) in [5, 5.41) is 41.6. The Kier molecular flexibility index (Phi) is 20.7. The molecule has 20 nitrogen and oxygen atoms in total. The van der Waals surface area contributed by atoms with Crippen molar-refractivity contribution in [3.63, 3.8) is 0 Å². The third-order valence-electron chi connectivity index (χ3n) is 8.40. The van der Waals surface area contributed by atoms with Gasteiger partial charge in [-0.1, -0.05) is 24.3 Å². The Hall–Kier alpha value is -5.74. The minimum Gasteiger partial charge on any atom is -0.508 e. The number of carboxylic acid groups (broad SMARTS) is 1. The predicted octanol–water partition coefficient (Wildman–Crippen LogP) is -2.67. The van der Waals surface area contributed by atoms with E-state index < -0.39 is 84.1 Å². The van der Waals surface area contributed by atoms with Crippen LogP contribution in [0, 0.1) is 0 Å². The average molecular weight is 849 g/mol. The zero-order valence-corrected chi connectivity index (χ0v) is 33.5. The lowest BCUT2D eigenvalue weighted by Gasteiger charge is -2.27. The van der Waals surface area contributed by atoms with Crippen molar-refractivity contribution in [1.29, 1.82) is 0 Å². The summed E-state index contributed by atoms with van der Waals surface area (Å²) in [5.41, 5.74) is 22.9. The predicted molar refractivity (Wildman–Crippen MR) is 219 cm³/mol. The number of thiol groups is 1. The SMILES string of the molecule is CSCC[C@H](N)C(=O)N[C@@H](CS)C(=O)N[C@@H](Cc1ccc(O)cc1)C(=O)N[C@@H](CC(N)=O)C(=O)N[C@@H](Cc1ccc(O)cc1)C(=O)N[C@@H](CCCN=C(N)N)C(=O)O. The molecule has 0 unspecified atom stereocenters. The van der Waals surface area contributed by atoms with Crippen molar-refractivity contribution in [1.82, 2.24) is 26.6 Å². The van der Waals surface area contributed by atoms with E-state index >= 15 is 0 Å². The van der Waals surface area contributed by atoms with Gasteiger partial charge in [-0.3, -0.25) is 33.8 Å². The first-order valence-electron chi connectivity index (χ1n) is 17.9. The minimum atomic E-state index is -1.72. The number of aromatic hydroxyl groups is 2. The summed E-state index contributed by atoms with van der Waals surface area (Å²) in [6, 6.07) is 3.01. The van der Waals surface area contributed by atoms with Crippen LogP contribution >= 0.6 is 24.4 Å². The van der Waals surface area contributed by atoms with E-state index in [1.807, 2.05) is 6.26 Å². The first kappa shape index (κ1) is 48.4. The molecule has 2 aromatic carbocycles. The maximum atomic E-state index is 13.9. The number of rotatable bonds is 25. The zero-order chi connectivity index (χ0) is 43.4. The smallest absolute Gasteiger partial charge is 0.326 e. The Balaban J connectivity index is 2.39. The molecule has 0 fully saturated rings. The molecule has 2 rings (SSSR count). The fraction of sp³-hybridized carbons (Fsp3) is 0.444. The van der Waals surface area contributed by atoms with Crippen molar-refractivity contribution in [3.05, 3.63) is 59.7 Å². The number of nitrogens with zero attached hydrogens (tertiary/aromatic N) is 1. The van der Waals surface area contributed by atoms with Crippen LogP contribution in [0.4, 0.5) is 0 Å². The van der Waals surface area contributed by atoms with E-state index in [0.29, 0.717) is 23.3 Å². The largest absolute Gasteiger partial charge is 0.508 e. The normalized spacial score (nSPS) is 13.9. The molecule has 0 aliphatic carbocycles. The van der Waals surface area contributed by atoms with Crippen molar-refractivity contribution < 1.29 is 48.9 Å². The summed E-state index contributed by atoms with van der Waals surface area (Å²) in [4.78, 5) is 95.5. The lowest BCUT2D eigenvalue weighted by molar-refractivity contribution is -0.142. The molecule has 0 bridgehead atoms. The van der Waals surface area contributed by atoms with Gasteiger partial charge in [0.2, 0.25) is 35.4 Å². The van der Waals surface area contributed by atoms with E-state index in [0.717, 1.165) is 0 Å². The highest BCUT2D eigenvalue weighted by atomic mass is 32.2. The number of carboxylic acids is 1. The van der Waals surface area contributed by atoms with Gasteiger partial charge in [0.1, 0.15) is 41.7 Å². The van der Waals surface area contributed by atoms with Crippen molar-refractivity contribution in [2.45, 2.75) is 74.8 Å². The topological polar surface area (TPSA) is 357 Å². The third kappa shape index (κ3) is 17.6. The van der Waals surface area contributed by atoms with Crippen molar-refractivity contribution in [2.24, 2.45) is 27.9 Å². The van der Waals surface area contributed by atoms with E-state index in [1.54, 1.807) is 0 Å². The van der Waals surface area contributed by atoms with Gasteiger partial charge in [-0.05, 0) is 66.7 Å². The number of nitrogens with one attached hydrogen (secondary N) is 5. The van der Waals surface area contributed by atoms with Crippen molar-refractivity contribution >= 4 is 71.8 Å².